The third-order valence-corrected chi connectivity index (χ3v) is 4.09. The summed E-state index contributed by atoms with van der Waals surface area (Å²) >= 11 is 1.71. The van der Waals surface area contributed by atoms with Gasteiger partial charge in [0.1, 0.15) is 0 Å². The Bertz CT molecular complexity index is 561. The molecule has 5 nitrogen and oxygen atoms in total. The predicted molar refractivity (Wildman–Crippen MR) is 76.4 cm³/mol. The minimum Gasteiger partial charge on any atom is -0.359 e. The molecule has 2 aromatic heterocycles. The summed E-state index contributed by atoms with van der Waals surface area (Å²) in [6.45, 7) is 2.11. The van der Waals surface area contributed by atoms with Crippen LogP contribution in [0.15, 0.2) is 28.1 Å². The highest BCUT2D eigenvalue weighted by molar-refractivity contribution is 7.09. The Balaban J connectivity index is 1.44. The number of rotatable bonds is 7. The Morgan fingerprint density at radius 1 is 1.45 bits per heavy atom. The fraction of sp³-hybridized carbons (Fsp3) is 0.429. The Morgan fingerprint density at radius 3 is 3.10 bits per heavy atom. The summed E-state index contributed by atoms with van der Waals surface area (Å²) in [5, 5.41) is 12.0. The number of amides is 1. The third-order valence-electron chi connectivity index (χ3n) is 3.22. The van der Waals surface area contributed by atoms with E-state index in [1.807, 2.05) is 11.4 Å². The van der Waals surface area contributed by atoms with Crippen LogP contribution in [-0.2, 0) is 13.1 Å². The SMILES string of the molecule is O=C(NCC1CC1)c1cc(CNCc2cccs2)on1. The Hall–Kier alpha value is -1.66. The van der Waals surface area contributed by atoms with Crippen molar-refractivity contribution in [3.63, 3.8) is 0 Å². The molecule has 0 radical (unpaired) electrons. The number of nitrogens with zero attached hydrogens (tertiary/aromatic N) is 1. The first-order valence-electron chi connectivity index (χ1n) is 6.78. The Labute approximate surface area is 121 Å². The second-order valence-corrected chi connectivity index (χ2v) is 6.05. The van der Waals surface area contributed by atoms with Crippen molar-refractivity contribution in [1.29, 1.82) is 0 Å². The van der Waals surface area contributed by atoms with Crippen LogP contribution in [-0.4, -0.2) is 17.6 Å². The van der Waals surface area contributed by atoms with Gasteiger partial charge in [-0.25, -0.2) is 0 Å². The zero-order valence-corrected chi connectivity index (χ0v) is 11.9. The van der Waals surface area contributed by atoms with Crippen molar-refractivity contribution in [2.75, 3.05) is 6.54 Å². The molecule has 0 aliphatic heterocycles. The largest absolute Gasteiger partial charge is 0.359 e. The van der Waals surface area contributed by atoms with Gasteiger partial charge in [-0.15, -0.1) is 11.3 Å². The van der Waals surface area contributed by atoms with Gasteiger partial charge in [0.25, 0.3) is 5.91 Å². The molecule has 1 amide bonds. The summed E-state index contributed by atoms with van der Waals surface area (Å²) in [6.07, 6.45) is 2.44. The number of hydrogen-bond donors (Lipinski definition) is 2. The number of hydrogen-bond acceptors (Lipinski definition) is 5. The minimum absolute atomic E-state index is 0.148. The summed E-state index contributed by atoms with van der Waals surface area (Å²) in [5.74, 6) is 1.20. The van der Waals surface area contributed by atoms with Gasteiger partial charge < -0.3 is 15.2 Å². The predicted octanol–water partition coefficient (Wildman–Crippen LogP) is 2.17. The molecule has 1 aliphatic rings. The summed E-state index contributed by atoms with van der Waals surface area (Å²) in [4.78, 5) is 13.1. The first-order valence-corrected chi connectivity index (χ1v) is 7.66. The lowest BCUT2D eigenvalue weighted by molar-refractivity contribution is 0.0942. The van der Waals surface area contributed by atoms with Crippen LogP contribution < -0.4 is 10.6 Å². The van der Waals surface area contributed by atoms with Gasteiger partial charge in [-0.2, -0.15) is 0 Å². The molecule has 20 heavy (non-hydrogen) atoms. The lowest BCUT2D eigenvalue weighted by Gasteiger charge is -1.99. The number of carbonyl (C=O) groups is 1. The van der Waals surface area contributed by atoms with Crippen LogP contribution in [0.4, 0.5) is 0 Å². The van der Waals surface area contributed by atoms with Crippen molar-refractivity contribution in [2.45, 2.75) is 25.9 Å². The van der Waals surface area contributed by atoms with Crippen LogP contribution in [0.1, 0.15) is 34.0 Å². The maximum atomic E-state index is 11.8. The summed E-state index contributed by atoms with van der Waals surface area (Å²) in [6, 6.07) is 5.80. The lowest BCUT2D eigenvalue weighted by atomic mass is 10.3. The second-order valence-electron chi connectivity index (χ2n) is 5.01. The number of aromatic nitrogens is 1. The van der Waals surface area contributed by atoms with E-state index in [-0.39, 0.29) is 5.91 Å². The van der Waals surface area contributed by atoms with Crippen molar-refractivity contribution in [3.8, 4) is 0 Å². The van der Waals surface area contributed by atoms with E-state index < -0.39 is 0 Å². The van der Waals surface area contributed by atoms with E-state index >= 15 is 0 Å². The third kappa shape index (κ3) is 3.68. The van der Waals surface area contributed by atoms with Crippen molar-refractivity contribution in [2.24, 2.45) is 5.92 Å². The zero-order chi connectivity index (χ0) is 13.8. The monoisotopic (exact) mass is 291 g/mol. The van der Waals surface area contributed by atoms with Gasteiger partial charge in [0, 0.05) is 24.0 Å². The van der Waals surface area contributed by atoms with Crippen molar-refractivity contribution in [1.82, 2.24) is 15.8 Å². The molecule has 0 saturated heterocycles. The molecule has 1 fully saturated rings. The highest BCUT2D eigenvalue weighted by atomic mass is 32.1. The molecule has 2 aromatic rings. The molecular formula is C14H17N3O2S. The van der Waals surface area contributed by atoms with E-state index in [1.165, 1.54) is 17.7 Å². The summed E-state index contributed by atoms with van der Waals surface area (Å²) in [5.41, 5.74) is 0.360. The molecule has 0 bridgehead atoms. The van der Waals surface area contributed by atoms with Gasteiger partial charge in [-0.05, 0) is 30.2 Å². The van der Waals surface area contributed by atoms with Crippen LogP contribution in [0.25, 0.3) is 0 Å². The molecular weight excluding hydrogens is 274 g/mol. The van der Waals surface area contributed by atoms with Gasteiger partial charge in [-0.1, -0.05) is 11.2 Å². The van der Waals surface area contributed by atoms with Crippen LogP contribution in [0, 0.1) is 5.92 Å². The molecule has 0 unspecified atom stereocenters. The van der Waals surface area contributed by atoms with Gasteiger partial charge in [-0.3, -0.25) is 4.79 Å². The maximum Gasteiger partial charge on any atom is 0.273 e. The van der Waals surface area contributed by atoms with Crippen molar-refractivity contribution in [3.05, 3.63) is 39.9 Å². The second kappa shape index (κ2) is 6.19. The summed E-state index contributed by atoms with van der Waals surface area (Å²) in [7, 11) is 0. The summed E-state index contributed by atoms with van der Waals surface area (Å²) < 4.78 is 5.16. The average Bonchev–Trinajstić information content (AvgIpc) is 2.93. The van der Waals surface area contributed by atoms with Gasteiger partial charge in [0.2, 0.25) is 0 Å². The van der Waals surface area contributed by atoms with Gasteiger partial charge in [0.15, 0.2) is 11.5 Å². The van der Waals surface area contributed by atoms with Crippen LogP contribution in [0.3, 0.4) is 0 Å². The first-order chi connectivity index (χ1) is 9.81. The smallest absolute Gasteiger partial charge is 0.273 e. The lowest BCUT2D eigenvalue weighted by Crippen LogP contribution is -2.25. The highest BCUT2D eigenvalue weighted by Gasteiger charge is 2.22. The Morgan fingerprint density at radius 2 is 2.35 bits per heavy atom. The van der Waals surface area contributed by atoms with E-state index in [0.29, 0.717) is 23.9 Å². The van der Waals surface area contributed by atoms with Crippen molar-refractivity contribution >= 4 is 17.2 Å². The molecule has 0 aromatic carbocycles. The van der Waals surface area contributed by atoms with Gasteiger partial charge >= 0.3 is 0 Å². The number of thiophene rings is 1. The van der Waals surface area contributed by atoms with E-state index in [1.54, 1.807) is 17.4 Å². The molecule has 1 saturated carbocycles. The van der Waals surface area contributed by atoms with E-state index in [9.17, 15) is 4.79 Å². The number of nitrogens with one attached hydrogen (secondary N) is 2. The minimum atomic E-state index is -0.148. The topological polar surface area (TPSA) is 67.2 Å². The van der Waals surface area contributed by atoms with E-state index in [4.69, 9.17) is 4.52 Å². The number of carbonyl (C=O) groups excluding carboxylic acids is 1. The molecule has 106 valence electrons. The first kappa shape index (κ1) is 13.3. The average molecular weight is 291 g/mol. The molecule has 0 atom stereocenters. The molecule has 0 spiro atoms. The Kier molecular flexibility index (Phi) is 4.13. The van der Waals surface area contributed by atoms with Crippen molar-refractivity contribution < 1.29 is 9.32 Å². The molecule has 6 heteroatoms. The molecule has 1 aliphatic carbocycles. The standard InChI is InChI=1S/C14H17N3O2S/c18-14(16-7-10-3-4-10)13-6-11(19-17-13)8-15-9-12-2-1-5-20-12/h1-2,5-6,10,15H,3-4,7-9H2,(H,16,18). The fourth-order valence-electron chi connectivity index (χ4n) is 1.87. The quantitative estimate of drug-likeness (QED) is 0.820. The highest BCUT2D eigenvalue weighted by Crippen LogP contribution is 2.27. The van der Waals surface area contributed by atoms with Crippen LogP contribution in [0.5, 0.6) is 0 Å². The molecule has 2 heterocycles. The zero-order valence-electron chi connectivity index (χ0n) is 11.1. The molecule has 3 rings (SSSR count). The fourth-order valence-corrected chi connectivity index (χ4v) is 2.55. The maximum absolute atomic E-state index is 11.8. The van der Waals surface area contributed by atoms with Gasteiger partial charge in [0.05, 0.1) is 6.54 Å². The molecule has 2 N–H and O–H groups in total. The van der Waals surface area contributed by atoms with Crippen LogP contribution >= 0.6 is 11.3 Å². The van der Waals surface area contributed by atoms with Crippen LogP contribution in [0.2, 0.25) is 0 Å². The van der Waals surface area contributed by atoms with E-state index in [2.05, 4.69) is 21.9 Å². The van der Waals surface area contributed by atoms with E-state index in [0.717, 1.165) is 13.1 Å². The normalized spacial score (nSPS) is 14.4.